The predicted molar refractivity (Wildman–Crippen MR) is 342 cm³/mol. The molecule has 5 aliphatic rings. The number of allylic oxidation sites excluding steroid dienone is 9. The summed E-state index contributed by atoms with van der Waals surface area (Å²) in [6.07, 6.45) is 16.1. The highest BCUT2D eigenvalue weighted by molar-refractivity contribution is 6.24. The Kier molecular flexibility index (Phi) is 10.9. The van der Waals surface area contributed by atoms with Crippen LogP contribution in [0.25, 0.3) is 106 Å². The largest absolute Gasteiger partial charge is 0.0795 e. The minimum atomic E-state index is -0.0259. The minimum Gasteiger partial charge on any atom is -0.0795 e. The van der Waals surface area contributed by atoms with E-state index in [1.807, 2.05) is 0 Å². The van der Waals surface area contributed by atoms with Gasteiger partial charge in [-0.2, -0.15) is 0 Å². The molecule has 9 aromatic rings. The third-order valence-electron chi connectivity index (χ3n) is 18.4. The molecular weight excluding hydrogens is 949 g/mol. The van der Waals surface area contributed by atoms with Crippen molar-refractivity contribution >= 4 is 49.9 Å². The van der Waals surface area contributed by atoms with Crippen molar-refractivity contribution in [2.75, 3.05) is 0 Å². The normalized spacial score (nSPS) is 17.1. The van der Waals surface area contributed by atoms with Crippen LogP contribution in [-0.2, 0) is 28.1 Å². The highest BCUT2D eigenvalue weighted by Crippen LogP contribution is 2.67. The van der Waals surface area contributed by atoms with Crippen molar-refractivity contribution in [3.8, 4) is 55.6 Å². The molecule has 0 heterocycles. The zero-order valence-electron chi connectivity index (χ0n) is 48.3. The topological polar surface area (TPSA) is 0 Å². The van der Waals surface area contributed by atoms with Gasteiger partial charge in [-0.3, -0.25) is 0 Å². The van der Waals surface area contributed by atoms with Gasteiger partial charge in [-0.25, -0.2) is 0 Å². The van der Waals surface area contributed by atoms with Gasteiger partial charge in [0.05, 0.1) is 0 Å². The summed E-state index contributed by atoms with van der Waals surface area (Å²) < 4.78 is 0. The molecule has 0 fully saturated rings. The van der Waals surface area contributed by atoms with E-state index >= 15 is 0 Å². The van der Waals surface area contributed by atoms with E-state index in [0.717, 1.165) is 6.42 Å². The van der Waals surface area contributed by atoms with Crippen molar-refractivity contribution < 1.29 is 0 Å². The Labute approximate surface area is 469 Å². The van der Waals surface area contributed by atoms with Crippen LogP contribution < -0.4 is 0 Å². The maximum Gasteiger partial charge on any atom is 0.0212 e. The lowest BCUT2D eigenvalue weighted by atomic mass is 9.71. The highest BCUT2D eigenvalue weighted by atomic mass is 14.5. The molecule has 0 radical (unpaired) electrons. The molecule has 0 bridgehead atoms. The molecular formula is C79H72. The predicted octanol–water partition coefficient (Wildman–Crippen LogP) is 21.6. The maximum absolute atomic E-state index is 2.61. The number of hydrogen-bond acceptors (Lipinski definition) is 0. The molecule has 0 nitrogen and oxygen atoms in total. The first-order chi connectivity index (χ1) is 37.7. The maximum atomic E-state index is 2.61. The summed E-state index contributed by atoms with van der Waals surface area (Å²) in [5, 5.41) is 5.16. The molecule has 79 heavy (non-hydrogen) atoms. The van der Waals surface area contributed by atoms with Gasteiger partial charge in [-0.1, -0.05) is 259 Å². The fraction of sp³-hybridized carbons (Fsp3) is 0.241. The molecule has 14 rings (SSSR count). The first kappa shape index (κ1) is 49.5. The second-order valence-electron chi connectivity index (χ2n) is 27.6. The number of fused-ring (bicyclic) bond motifs is 9. The first-order valence-electron chi connectivity index (χ1n) is 29.0. The van der Waals surface area contributed by atoms with Crippen molar-refractivity contribution in [2.45, 2.75) is 111 Å². The smallest absolute Gasteiger partial charge is 0.0212 e. The molecule has 0 aliphatic heterocycles. The van der Waals surface area contributed by atoms with Crippen molar-refractivity contribution in [1.29, 1.82) is 0 Å². The Hall–Kier alpha value is -7.80. The monoisotopic (exact) mass is 1020 g/mol. The lowest BCUT2D eigenvalue weighted by molar-refractivity contribution is 0.568. The molecule has 0 aromatic heterocycles. The van der Waals surface area contributed by atoms with Crippen molar-refractivity contribution in [3.05, 3.63) is 244 Å². The molecule has 0 saturated heterocycles. The van der Waals surface area contributed by atoms with Gasteiger partial charge in [0.1, 0.15) is 0 Å². The number of benzene rings is 9. The van der Waals surface area contributed by atoms with Crippen LogP contribution in [0.2, 0.25) is 0 Å². The molecule has 0 saturated carbocycles. The summed E-state index contributed by atoms with van der Waals surface area (Å²) in [5.74, 6) is 0.354. The van der Waals surface area contributed by atoms with Crippen LogP contribution in [0, 0.1) is 11.8 Å². The van der Waals surface area contributed by atoms with Gasteiger partial charge in [-0.05, 0) is 201 Å². The molecule has 2 unspecified atom stereocenters. The Bertz CT molecular complexity index is 4180. The Morgan fingerprint density at radius 1 is 0.304 bits per heavy atom. The second kappa shape index (κ2) is 17.3. The summed E-state index contributed by atoms with van der Waals surface area (Å²) >= 11 is 0. The molecule has 388 valence electrons. The standard InChI is InChI=1S/C79H72/c1-76(2,3)52-37-50(38-53(42-52)77(4,5)6)70-56-29-22-30-57(56)71(51-39-54(78(7,8)9)43-55(40-51)79(10,11)12)75-62-36-34-59-64-45-67-66(44-63(64)58-33-35-61(74(70)75)73(62)72(58)59)68(47-25-18-14-19-26-47)60-32-31-49(46-23-16-13-17-24-46)41-65(60)69(67)48-27-20-15-21-28-48/h13-29,31-45,72-73H,30H2,1-12H3. The zero-order valence-corrected chi connectivity index (χ0v) is 48.3. The highest BCUT2D eigenvalue weighted by Gasteiger charge is 2.50. The van der Waals surface area contributed by atoms with Gasteiger partial charge in [0.15, 0.2) is 0 Å². The zero-order chi connectivity index (χ0) is 54.7. The molecule has 0 N–H and O–H groups in total. The summed E-state index contributed by atoms with van der Waals surface area (Å²) in [6, 6.07) is 60.8. The Morgan fingerprint density at radius 2 is 0.696 bits per heavy atom. The number of rotatable bonds is 5. The van der Waals surface area contributed by atoms with Gasteiger partial charge in [-0.15, -0.1) is 0 Å². The summed E-state index contributed by atoms with van der Waals surface area (Å²) in [5.41, 5.74) is 32.8. The Balaban J connectivity index is 1.07. The summed E-state index contributed by atoms with van der Waals surface area (Å²) in [6.45, 7) is 28.6. The van der Waals surface area contributed by atoms with Crippen LogP contribution in [0.15, 0.2) is 188 Å². The quantitative estimate of drug-likeness (QED) is 0.151. The molecule has 5 aliphatic carbocycles. The molecule has 0 spiro atoms. The fourth-order valence-electron chi connectivity index (χ4n) is 14.2. The van der Waals surface area contributed by atoms with Crippen LogP contribution in [-0.4, -0.2) is 0 Å². The number of hydrogen-bond donors (Lipinski definition) is 0. The average molecular weight is 1020 g/mol. The van der Waals surface area contributed by atoms with Gasteiger partial charge in [0.2, 0.25) is 0 Å². The second-order valence-corrected chi connectivity index (χ2v) is 27.6. The molecule has 2 atom stereocenters. The lowest BCUT2D eigenvalue weighted by Crippen LogP contribution is -2.18. The molecule has 0 heteroatoms. The van der Waals surface area contributed by atoms with Gasteiger partial charge in [0, 0.05) is 11.8 Å². The van der Waals surface area contributed by atoms with Crippen molar-refractivity contribution in [2.24, 2.45) is 11.8 Å². The van der Waals surface area contributed by atoms with E-state index in [9.17, 15) is 0 Å². The molecule has 9 aromatic carbocycles. The SMILES string of the molecule is CC(C)(C)c1cc(-c2c3c(c(-c4cc(C(C)(C)C)cc(C(C)(C)C)c4)c4c2C2=CC=C5c6cc7c(-c8ccccc8)c8ccc(-c9ccccc9)cc8c(-c8ccccc8)c7cc6C6=CC=C4C2C56)CC=C3)cc(C(C)(C)C)c1. The third-order valence-corrected chi connectivity index (χ3v) is 18.4. The van der Waals surface area contributed by atoms with Crippen LogP contribution >= 0.6 is 0 Å². The van der Waals surface area contributed by atoms with Crippen LogP contribution in [0.4, 0.5) is 0 Å². The van der Waals surface area contributed by atoms with Crippen molar-refractivity contribution in [1.82, 2.24) is 0 Å². The van der Waals surface area contributed by atoms with E-state index in [4.69, 9.17) is 0 Å². The van der Waals surface area contributed by atoms with Crippen molar-refractivity contribution in [3.63, 3.8) is 0 Å². The van der Waals surface area contributed by atoms with Gasteiger partial charge < -0.3 is 0 Å². The van der Waals surface area contributed by atoms with E-state index in [1.54, 1.807) is 0 Å². The van der Waals surface area contributed by atoms with E-state index in [1.165, 1.54) is 155 Å². The van der Waals surface area contributed by atoms with E-state index in [-0.39, 0.29) is 33.5 Å². The Morgan fingerprint density at radius 3 is 1.16 bits per heavy atom. The molecule has 0 amide bonds. The average Bonchev–Trinajstić information content (AvgIpc) is 2.69. The van der Waals surface area contributed by atoms with E-state index in [2.05, 4.69) is 277 Å². The lowest BCUT2D eigenvalue weighted by Gasteiger charge is -2.31. The van der Waals surface area contributed by atoms with E-state index < -0.39 is 0 Å². The fourth-order valence-corrected chi connectivity index (χ4v) is 14.2. The minimum absolute atomic E-state index is 0.0235. The van der Waals surface area contributed by atoms with Crippen LogP contribution in [0.3, 0.4) is 0 Å². The first-order valence-corrected chi connectivity index (χ1v) is 29.0. The summed E-state index contributed by atoms with van der Waals surface area (Å²) in [4.78, 5) is 0. The van der Waals surface area contributed by atoms with E-state index in [0.29, 0.717) is 0 Å². The van der Waals surface area contributed by atoms with Gasteiger partial charge in [0.25, 0.3) is 0 Å². The third kappa shape index (κ3) is 7.75. The summed E-state index contributed by atoms with van der Waals surface area (Å²) in [7, 11) is 0. The van der Waals surface area contributed by atoms with Gasteiger partial charge >= 0.3 is 0 Å². The van der Waals surface area contributed by atoms with Crippen LogP contribution in [0.1, 0.15) is 139 Å². The van der Waals surface area contributed by atoms with Crippen LogP contribution in [0.5, 0.6) is 0 Å².